The molecule has 1 amide bonds. The number of fused-ring (bicyclic) bond motifs is 3. The quantitative estimate of drug-likeness (QED) is 0.568. The highest BCUT2D eigenvalue weighted by molar-refractivity contribution is 9.10. The summed E-state index contributed by atoms with van der Waals surface area (Å²) in [7, 11) is 0. The number of hydrogen-bond acceptors (Lipinski definition) is 4. The summed E-state index contributed by atoms with van der Waals surface area (Å²) in [4.78, 5) is 24.3. The van der Waals surface area contributed by atoms with E-state index in [1.165, 1.54) is 11.6 Å². The molecule has 1 aliphatic carbocycles. The minimum atomic E-state index is -1.58. The van der Waals surface area contributed by atoms with Gasteiger partial charge in [-0.1, -0.05) is 48.5 Å². The second-order valence-electron chi connectivity index (χ2n) is 7.44. The van der Waals surface area contributed by atoms with Gasteiger partial charge in [0.15, 0.2) is 5.54 Å². The maximum Gasteiger partial charge on any atom is 0.408 e. The molecule has 0 radical (unpaired) electrons. The van der Waals surface area contributed by atoms with Crippen LogP contribution >= 0.6 is 15.9 Å². The third-order valence-electron chi connectivity index (χ3n) is 5.27. The predicted molar refractivity (Wildman–Crippen MR) is 114 cm³/mol. The predicted octanol–water partition coefficient (Wildman–Crippen LogP) is 4.03. The Morgan fingerprint density at radius 3 is 2.30 bits per heavy atom. The maximum atomic E-state index is 12.5. The Kier molecular flexibility index (Phi) is 5.34. The molecule has 154 valence electrons. The van der Waals surface area contributed by atoms with Crippen molar-refractivity contribution in [1.82, 2.24) is 15.1 Å². The molecule has 1 aromatic heterocycles. The van der Waals surface area contributed by atoms with Crippen molar-refractivity contribution in [3.63, 3.8) is 0 Å². The monoisotopic (exact) mass is 469 g/mol. The fourth-order valence-electron chi connectivity index (χ4n) is 3.77. The van der Waals surface area contributed by atoms with Crippen LogP contribution in [0.3, 0.4) is 0 Å². The highest BCUT2D eigenvalue weighted by atomic mass is 79.9. The number of alkyl carbamates (subject to hydrolysis) is 1. The minimum Gasteiger partial charge on any atom is -0.479 e. The molecule has 0 saturated heterocycles. The number of carbonyl (C=O) groups is 2. The van der Waals surface area contributed by atoms with E-state index in [1.807, 2.05) is 36.4 Å². The first-order valence-electron chi connectivity index (χ1n) is 9.42. The summed E-state index contributed by atoms with van der Waals surface area (Å²) in [5.41, 5.74) is 2.86. The fourth-order valence-corrected chi connectivity index (χ4v) is 4.10. The van der Waals surface area contributed by atoms with Gasteiger partial charge < -0.3 is 15.2 Å². The van der Waals surface area contributed by atoms with Crippen LogP contribution in [-0.4, -0.2) is 39.1 Å². The summed E-state index contributed by atoms with van der Waals surface area (Å²) in [6.45, 7) is 1.49. The SMILES string of the molecule is CC(Cn1cc(Br)cn1)(NC(=O)OCC1c2ccccc2-c2ccccc21)C(=O)O. The van der Waals surface area contributed by atoms with E-state index in [0.29, 0.717) is 0 Å². The Morgan fingerprint density at radius 1 is 1.17 bits per heavy atom. The zero-order chi connectivity index (χ0) is 21.3. The summed E-state index contributed by atoms with van der Waals surface area (Å²) >= 11 is 3.27. The van der Waals surface area contributed by atoms with Gasteiger partial charge in [0.2, 0.25) is 0 Å². The Balaban J connectivity index is 1.47. The van der Waals surface area contributed by atoms with Crippen molar-refractivity contribution in [3.8, 4) is 11.1 Å². The molecule has 30 heavy (non-hydrogen) atoms. The molecule has 1 atom stereocenters. The zero-order valence-corrected chi connectivity index (χ0v) is 17.8. The van der Waals surface area contributed by atoms with E-state index < -0.39 is 17.6 Å². The number of aliphatic carboxylic acids is 1. The summed E-state index contributed by atoms with van der Waals surface area (Å²) < 4.78 is 7.64. The maximum absolute atomic E-state index is 12.5. The van der Waals surface area contributed by atoms with Crippen molar-refractivity contribution in [3.05, 3.63) is 76.5 Å². The number of hydrogen-bond donors (Lipinski definition) is 2. The summed E-state index contributed by atoms with van der Waals surface area (Å²) in [5, 5.41) is 16.2. The van der Waals surface area contributed by atoms with Gasteiger partial charge in [-0.25, -0.2) is 9.59 Å². The third-order valence-corrected chi connectivity index (χ3v) is 5.68. The van der Waals surface area contributed by atoms with Gasteiger partial charge in [-0.15, -0.1) is 0 Å². The van der Waals surface area contributed by atoms with Crippen LogP contribution in [0.1, 0.15) is 24.0 Å². The van der Waals surface area contributed by atoms with E-state index in [4.69, 9.17) is 4.74 Å². The van der Waals surface area contributed by atoms with Crippen LogP contribution in [0.5, 0.6) is 0 Å². The molecule has 1 unspecified atom stereocenters. The molecule has 0 fully saturated rings. The summed E-state index contributed by atoms with van der Waals surface area (Å²) in [6.07, 6.45) is 2.41. The molecule has 4 rings (SSSR count). The molecule has 1 aliphatic rings. The molecular weight excluding hydrogens is 450 g/mol. The van der Waals surface area contributed by atoms with Crippen molar-refractivity contribution in [1.29, 1.82) is 0 Å². The number of nitrogens with zero attached hydrogens (tertiary/aromatic N) is 2. The lowest BCUT2D eigenvalue weighted by atomic mass is 9.98. The topological polar surface area (TPSA) is 93.5 Å². The Hall–Kier alpha value is -3.13. The third kappa shape index (κ3) is 3.82. The van der Waals surface area contributed by atoms with E-state index in [1.54, 1.807) is 12.4 Å². The molecule has 7 nitrogen and oxygen atoms in total. The average molecular weight is 470 g/mol. The first kappa shape index (κ1) is 20.2. The molecule has 0 saturated carbocycles. The zero-order valence-electron chi connectivity index (χ0n) is 16.2. The number of carbonyl (C=O) groups excluding carboxylic acids is 1. The van der Waals surface area contributed by atoms with Gasteiger partial charge in [0.25, 0.3) is 0 Å². The fraction of sp³-hybridized carbons (Fsp3) is 0.227. The molecule has 0 aliphatic heterocycles. The van der Waals surface area contributed by atoms with Gasteiger partial charge in [0.05, 0.1) is 17.2 Å². The van der Waals surface area contributed by atoms with Gasteiger partial charge in [-0.3, -0.25) is 4.68 Å². The van der Waals surface area contributed by atoms with Gasteiger partial charge >= 0.3 is 12.1 Å². The van der Waals surface area contributed by atoms with Gasteiger partial charge in [0, 0.05) is 12.1 Å². The number of benzene rings is 2. The standard InChI is InChI=1S/C22H20BrN3O4/c1-22(20(27)28,13-26-11-14(23)10-24-26)25-21(29)30-12-19-17-8-4-2-6-15(17)16-7-3-5-9-18(16)19/h2-11,19H,12-13H2,1H3,(H,25,29)(H,27,28). The smallest absolute Gasteiger partial charge is 0.408 e. The van der Waals surface area contributed by atoms with Crippen LogP contribution in [0, 0.1) is 0 Å². The average Bonchev–Trinajstić information content (AvgIpc) is 3.27. The summed E-state index contributed by atoms with van der Waals surface area (Å²) in [6, 6.07) is 16.0. The highest BCUT2D eigenvalue weighted by Crippen LogP contribution is 2.44. The van der Waals surface area contributed by atoms with E-state index in [2.05, 4.69) is 38.5 Å². The summed E-state index contributed by atoms with van der Waals surface area (Å²) in [5.74, 6) is -1.27. The number of rotatable bonds is 6. The van der Waals surface area contributed by atoms with Crippen LogP contribution in [0.25, 0.3) is 11.1 Å². The number of nitrogens with one attached hydrogen (secondary N) is 1. The first-order chi connectivity index (χ1) is 14.4. The van der Waals surface area contributed by atoms with Gasteiger partial charge in [-0.2, -0.15) is 5.10 Å². The van der Waals surface area contributed by atoms with Crippen LogP contribution in [0.4, 0.5) is 4.79 Å². The number of ether oxygens (including phenoxy) is 1. The lowest BCUT2D eigenvalue weighted by Crippen LogP contribution is -2.55. The van der Waals surface area contributed by atoms with E-state index >= 15 is 0 Å². The molecular formula is C22H20BrN3O4. The van der Waals surface area contributed by atoms with Crippen LogP contribution in [-0.2, 0) is 16.1 Å². The van der Waals surface area contributed by atoms with E-state index in [9.17, 15) is 14.7 Å². The van der Waals surface area contributed by atoms with Crippen LogP contribution < -0.4 is 5.32 Å². The molecule has 0 spiro atoms. The Labute approximate surface area is 181 Å². The van der Waals surface area contributed by atoms with Crippen molar-refractivity contribution < 1.29 is 19.4 Å². The molecule has 0 bridgehead atoms. The highest BCUT2D eigenvalue weighted by Gasteiger charge is 2.37. The molecule has 8 heteroatoms. The van der Waals surface area contributed by atoms with Crippen LogP contribution in [0.2, 0.25) is 0 Å². The van der Waals surface area contributed by atoms with Gasteiger partial charge in [-0.05, 0) is 45.1 Å². The molecule has 1 heterocycles. The van der Waals surface area contributed by atoms with Crippen LogP contribution in [0.15, 0.2) is 65.4 Å². The van der Waals surface area contributed by atoms with Crippen molar-refractivity contribution >= 4 is 28.0 Å². The largest absolute Gasteiger partial charge is 0.479 e. The minimum absolute atomic E-state index is 0.0435. The number of carboxylic acid groups (broad SMARTS) is 1. The Morgan fingerprint density at radius 2 is 1.77 bits per heavy atom. The second kappa shape index (κ2) is 7.95. The number of halogens is 1. The van der Waals surface area contributed by atoms with Gasteiger partial charge in [0.1, 0.15) is 6.61 Å². The van der Waals surface area contributed by atoms with Crippen molar-refractivity contribution in [2.45, 2.75) is 24.9 Å². The lowest BCUT2D eigenvalue weighted by molar-refractivity contribution is -0.144. The van der Waals surface area contributed by atoms with Crippen molar-refractivity contribution in [2.24, 2.45) is 0 Å². The lowest BCUT2D eigenvalue weighted by Gasteiger charge is -2.26. The number of amides is 1. The van der Waals surface area contributed by atoms with Crippen molar-refractivity contribution in [2.75, 3.05) is 6.61 Å². The molecule has 2 N–H and O–H groups in total. The number of aromatic nitrogens is 2. The second-order valence-corrected chi connectivity index (χ2v) is 8.36. The normalized spacial score (nSPS) is 14.5. The number of carboxylic acids is 1. The molecule has 3 aromatic rings. The van der Waals surface area contributed by atoms with E-state index in [-0.39, 0.29) is 19.1 Å². The van der Waals surface area contributed by atoms with E-state index in [0.717, 1.165) is 26.7 Å². The first-order valence-corrected chi connectivity index (χ1v) is 10.2. The molecule has 2 aromatic carbocycles. The Bertz CT molecular complexity index is 1070.